The zero-order valence-corrected chi connectivity index (χ0v) is 9.91. The maximum absolute atomic E-state index is 5.42. The summed E-state index contributed by atoms with van der Waals surface area (Å²) in [6, 6.07) is 0. The minimum absolute atomic E-state index is 0.641. The van der Waals surface area contributed by atoms with E-state index in [4.69, 9.17) is 18.9 Å². The van der Waals surface area contributed by atoms with Gasteiger partial charge in [-0.3, -0.25) is 0 Å². The molecule has 1 aliphatic heterocycles. The Morgan fingerprint density at radius 3 is 1.56 bits per heavy atom. The molecule has 0 atom stereocenters. The highest BCUT2D eigenvalue weighted by Crippen LogP contribution is 1.87. The number of hydrogen-bond donors (Lipinski definition) is 1. The summed E-state index contributed by atoms with van der Waals surface area (Å²) in [7, 11) is 0. The largest absolute Gasteiger partial charge is 0.380 e. The summed E-state index contributed by atoms with van der Waals surface area (Å²) < 4.78 is 21.5. The molecular weight excluding hydrogens is 210 g/mol. The Kier molecular flexibility index (Phi) is 9.78. The van der Waals surface area contributed by atoms with E-state index in [9.17, 15) is 0 Å². The molecule has 5 heteroatoms. The Hall–Kier alpha value is -0.200. The molecule has 5 nitrogen and oxygen atoms in total. The SMILES string of the molecule is C1COCCNCCOCCOCCOC1. The Morgan fingerprint density at radius 2 is 0.938 bits per heavy atom. The normalized spacial score (nSPS) is 24.0. The fourth-order valence-electron chi connectivity index (χ4n) is 1.32. The Labute approximate surface area is 97.4 Å². The summed E-state index contributed by atoms with van der Waals surface area (Å²) in [5, 5.41) is 3.25. The fourth-order valence-corrected chi connectivity index (χ4v) is 1.32. The van der Waals surface area contributed by atoms with E-state index in [2.05, 4.69) is 5.32 Å². The third-order valence-electron chi connectivity index (χ3n) is 2.17. The minimum atomic E-state index is 0.641. The first-order valence-corrected chi connectivity index (χ1v) is 6.02. The molecule has 1 saturated heterocycles. The molecular formula is C11H23NO4. The van der Waals surface area contributed by atoms with Gasteiger partial charge < -0.3 is 24.3 Å². The van der Waals surface area contributed by atoms with Crippen molar-refractivity contribution in [2.75, 3.05) is 65.9 Å². The molecule has 0 saturated carbocycles. The second-order valence-corrected chi connectivity index (χ2v) is 3.55. The van der Waals surface area contributed by atoms with Gasteiger partial charge >= 0.3 is 0 Å². The molecule has 0 spiro atoms. The number of nitrogens with one attached hydrogen (secondary N) is 1. The molecule has 0 unspecified atom stereocenters. The van der Waals surface area contributed by atoms with Crippen LogP contribution in [-0.4, -0.2) is 65.9 Å². The summed E-state index contributed by atoms with van der Waals surface area (Å²) in [4.78, 5) is 0. The molecule has 0 aliphatic carbocycles. The van der Waals surface area contributed by atoms with Gasteiger partial charge in [-0.05, 0) is 6.42 Å². The number of rotatable bonds is 0. The Balaban J connectivity index is 2.00. The maximum Gasteiger partial charge on any atom is 0.0701 e. The van der Waals surface area contributed by atoms with Gasteiger partial charge in [0.25, 0.3) is 0 Å². The summed E-state index contributed by atoms with van der Waals surface area (Å²) in [5.74, 6) is 0. The molecule has 0 bridgehead atoms. The molecule has 1 fully saturated rings. The zero-order valence-electron chi connectivity index (χ0n) is 9.91. The van der Waals surface area contributed by atoms with Crippen LogP contribution in [0.5, 0.6) is 0 Å². The molecule has 96 valence electrons. The van der Waals surface area contributed by atoms with Crippen molar-refractivity contribution in [1.82, 2.24) is 5.32 Å². The summed E-state index contributed by atoms with van der Waals surface area (Å²) >= 11 is 0. The maximum atomic E-state index is 5.42. The smallest absolute Gasteiger partial charge is 0.0701 e. The van der Waals surface area contributed by atoms with E-state index < -0.39 is 0 Å². The van der Waals surface area contributed by atoms with Crippen molar-refractivity contribution in [2.24, 2.45) is 0 Å². The van der Waals surface area contributed by atoms with Crippen LogP contribution in [0.4, 0.5) is 0 Å². The van der Waals surface area contributed by atoms with Crippen molar-refractivity contribution >= 4 is 0 Å². The Morgan fingerprint density at radius 1 is 0.500 bits per heavy atom. The highest BCUT2D eigenvalue weighted by atomic mass is 16.5. The molecule has 1 N–H and O–H groups in total. The topological polar surface area (TPSA) is 49.0 Å². The van der Waals surface area contributed by atoms with Crippen molar-refractivity contribution in [2.45, 2.75) is 6.42 Å². The number of ether oxygens (including phenoxy) is 4. The van der Waals surface area contributed by atoms with E-state index in [1.165, 1.54) is 0 Å². The van der Waals surface area contributed by atoms with Crippen LogP contribution >= 0.6 is 0 Å². The lowest BCUT2D eigenvalue weighted by atomic mass is 10.5. The van der Waals surface area contributed by atoms with Gasteiger partial charge in [0.15, 0.2) is 0 Å². The lowest BCUT2D eigenvalue weighted by molar-refractivity contribution is 0.00818. The van der Waals surface area contributed by atoms with Crippen LogP contribution in [0, 0.1) is 0 Å². The van der Waals surface area contributed by atoms with Crippen LogP contribution in [0.3, 0.4) is 0 Å². The fraction of sp³-hybridized carbons (Fsp3) is 1.00. The molecule has 1 rings (SSSR count). The lowest BCUT2D eigenvalue weighted by Gasteiger charge is -2.09. The van der Waals surface area contributed by atoms with Crippen LogP contribution in [0.2, 0.25) is 0 Å². The van der Waals surface area contributed by atoms with Gasteiger partial charge in [0, 0.05) is 26.3 Å². The molecule has 1 heterocycles. The summed E-state index contributed by atoms with van der Waals surface area (Å²) in [5.41, 5.74) is 0. The van der Waals surface area contributed by atoms with E-state index in [1.807, 2.05) is 0 Å². The van der Waals surface area contributed by atoms with Crippen LogP contribution in [-0.2, 0) is 18.9 Å². The summed E-state index contributed by atoms with van der Waals surface area (Å²) in [6.45, 7) is 7.32. The van der Waals surface area contributed by atoms with Crippen molar-refractivity contribution in [3.8, 4) is 0 Å². The highest BCUT2D eigenvalue weighted by molar-refractivity contribution is 4.46. The first kappa shape index (κ1) is 13.9. The molecule has 0 radical (unpaired) electrons. The van der Waals surface area contributed by atoms with Crippen molar-refractivity contribution in [3.63, 3.8) is 0 Å². The predicted octanol–water partition coefficient (Wildman–Crippen LogP) is 0.0461. The van der Waals surface area contributed by atoms with Gasteiger partial charge in [-0.15, -0.1) is 0 Å². The first-order chi connectivity index (χ1) is 8.00. The van der Waals surface area contributed by atoms with E-state index >= 15 is 0 Å². The van der Waals surface area contributed by atoms with E-state index in [1.54, 1.807) is 0 Å². The van der Waals surface area contributed by atoms with Crippen LogP contribution in [0.15, 0.2) is 0 Å². The van der Waals surface area contributed by atoms with Gasteiger partial charge in [-0.25, -0.2) is 0 Å². The second kappa shape index (κ2) is 11.3. The van der Waals surface area contributed by atoms with Crippen molar-refractivity contribution < 1.29 is 18.9 Å². The van der Waals surface area contributed by atoms with Crippen molar-refractivity contribution in [3.05, 3.63) is 0 Å². The average molecular weight is 233 g/mol. The highest BCUT2D eigenvalue weighted by Gasteiger charge is 1.94. The molecule has 0 aromatic rings. The summed E-state index contributed by atoms with van der Waals surface area (Å²) in [6.07, 6.45) is 0.948. The molecule has 0 aromatic heterocycles. The first-order valence-electron chi connectivity index (χ1n) is 6.02. The third-order valence-corrected chi connectivity index (χ3v) is 2.17. The Bertz CT molecular complexity index is 81.9. The molecule has 1 aliphatic rings. The van der Waals surface area contributed by atoms with Gasteiger partial charge in [0.05, 0.1) is 39.6 Å². The monoisotopic (exact) mass is 233 g/mol. The molecule has 0 amide bonds. The van der Waals surface area contributed by atoms with E-state index in [0.717, 1.165) is 45.9 Å². The van der Waals surface area contributed by atoms with E-state index in [0.29, 0.717) is 26.4 Å². The second-order valence-electron chi connectivity index (χ2n) is 3.55. The van der Waals surface area contributed by atoms with Crippen LogP contribution < -0.4 is 5.32 Å². The molecule has 0 aromatic carbocycles. The quantitative estimate of drug-likeness (QED) is 0.640. The zero-order chi connectivity index (χ0) is 11.3. The third kappa shape index (κ3) is 9.06. The predicted molar refractivity (Wildman–Crippen MR) is 60.8 cm³/mol. The van der Waals surface area contributed by atoms with Gasteiger partial charge in [-0.1, -0.05) is 0 Å². The lowest BCUT2D eigenvalue weighted by Crippen LogP contribution is -2.25. The van der Waals surface area contributed by atoms with Gasteiger partial charge in [0.1, 0.15) is 0 Å². The number of hydrogen-bond acceptors (Lipinski definition) is 5. The standard InChI is InChI=1S/C11H23NO4/c1-4-13-6-2-12-3-7-15-9-11-16-10-8-14-5-1/h12H,1-11H2. The van der Waals surface area contributed by atoms with Crippen LogP contribution in [0.1, 0.15) is 6.42 Å². The average Bonchev–Trinajstić information content (AvgIpc) is 2.29. The van der Waals surface area contributed by atoms with Crippen molar-refractivity contribution in [1.29, 1.82) is 0 Å². The van der Waals surface area contributed by atoms with Gasteiger partial charge in [-0.2, -0.15) is 0 Å². The minimum Gasteiger partial charge on any atom is -0.380 e. The van der Waals surface area contributed by atoms with Crippen LogP contribution in [0.25, 0.3) is 0 Å². The van der Waals surface area contributed by atoms with Gasteiger partial charge in [0.2, 0.25) is 0 Å². The van der Waals surface area contributed by atoms with E-state index in [-0.39, 0.29) is 0 Å². The molecule has 16 heavy (non-hydrogen) atoms.